The summed E-state index contributed by atoms with van der Waals surface area (Å²) in [5.41, 5.74) is 0.348. The maximum atomic E-state index is 10.8. The summed E-state index contributed by atoms with van der Waals surface area (Å²) in [4.78, 5) is 10.8. The van der Waals surface area contributed by atoms with Crippen molar-refractivity contribution in [3.8, 4) is 0 Å². The minimum atomic E-state index is -0.381. The van der Waals surface area contributed by atoms with Gasteiger partial charge in [0.05, 0.1) is 7.98 Å². The second-order valence-electron chi connectivity index (χ2n) is 2.17. The van der Waals surface area contributed by atoms with Crippen molar-refractivity contribution in [2.24, 2.45) is 0 Å². The second-order valence-corrected chi connectivity index (χ2v) is 2.17. The van der Waals surface area contributed by atoms with Crippen molar-refractivity contribution in [1.29, 1.82) is 0 Å². The maximum Gasteiger partial charge on any atom is 0.333 e. The predicted molar refractivity (Wildman–Crippen MR) is 40.7 cm³/mol. The van der Waals surface area contributed by atoms with Crippen LogP contribution in [0, 0.1) is 0 Å². The zero-order valence-corrected chi connectivity index (χ0v) is 6.52. The molecule has 0 saturated carbocycles. The lowest BCUT2D eigenvalue weighted by atomic mass is 10.3. The molecule has 0 aromatic rings. The van der Waals surface area contributed by atoms with Gasteiger partial charge in [-0.3, -0.25) is 0 Å². The Balaban J connectivity index is 3.53. The van der Waals surface area contributed by atoms with Gasteiger partial charge in [0, 0.05) is 5.57 Å². The molecule has 10 heavy (non-hydrogen) atoms. The van der Waals surface area contributed by atoms with E-state index in [9.17, 15) is 4.79 Å². The van der Waals surface area contributed by atoms with Crippen LogP contribution in [0.4, 0.5) is 0 Å². The van der Waals surface area contributed by atoms with Gasteiger partial charge in [0.15, 0.2) is 0 Å². The highest BCUT2D eigenvalue weighted by Gasteiger charge is 2.00. The third kappa shape index (κ3) is 4.13. The molecule has 0 aromatic heterocycles. The highest BCUT2D eigenvalue weighted by Crippen LogP contribution is 1.94. The van der Waals surface area contributed by atoms with Crippen LogP contribution in [-0.4, -0.2) is 12.6 Å². The first-order chi connectivity index (χ1) is 5.22. The van der Waals surface area contributed by atoms with Gasteiger partial charge in [-0.2, -0.15) is 0 Å². The predicted octanol–water partition coefficient (Wildman–Crippen LogP) is 1.91. The second kappa shape index (κ2) is 5.03. The molecular formula is C8H14O2. The van der Waals surface area contributed by atoms with Crippen LogP contribution in [-0.2, 0) is 9.53 Å². The van der Waals surface area contributed by atoms with Crippen molar-refractivity contribution in [3.05, 3.63) is 12.1 Å². The van der Waals surface area contributed by atoms with Gasteiger partial charge in [-0.15, -0.1) is 0 Å². The average molecular weight is 143 g/mol. The van der Waals surface area contributed by atoms with E-state index in [0.717, 1.165) is 19.4 Å². The summed E-state index contributed by atoms with van der Waals surface area (Å²) in [6.07, 6.45) is 1.90. The molecule has 0 fully saturated rings. The molecule has 0 aliphatic rings. The summed E-state index contributed by atoms with van der Waals surface area (Å²) in [5, 5.41) is 0. The van der Waals surface area contributed by atoms with Crippen LogP contribution >= 0.6 is 0 Å². The van der Waals surface area contributed by atoms with Crippen LogP contribution in [0.25, 0.3) is 0 Å². The number of rotatable bonds is 4. The Morgan fingerprint density at radius 3 is 3.00 bits per heavy atom. The largest absolute Gasteiger partial charge is 0.462 e. The lowest BCUT2D eigenvalue weighted by Gasteiger charge is -2.01. The molecule has 0 radical (unpaired) electrons. The van der Waals surface area contributed by atoms with Gasteiger partial charge in [0.1, 0.15) is 0 Å². The molecule has 0 heterocycles. The third-order valence-electron chi connectivity index (χ3n) is 1.05. The van der Waals surface area contributed by atoms with Crippen molar-refractivity contribution in [2.45, 2.75) is 26.7 Å². The first-order valence-electron chi connectivity index (χ1n) is 4.02. The monoisotopic (exact) mass is 143 g/mol. The number of hydrogen-bond acceptors (Lipinski definition) is 2. The Morgan fingerprint density at radius 2 is 2.50 bits per heavy atom. The van der Waals surface area contributed by atoms with Crippen LogP contribution < -0.4 is 0 Å². The summed E-state index contributed by atoms with van der Waals surface area (Å²) in [5.74, 6) is -0.381. The van der Waals surface area contributed by atoms with Gasteiger partial charge in [-0.1, -0.05) is 19.9 Å². The van der Waals surface area contributed by atoms with Crippen LogP contribution in [0.5, 0.6) is 0 Å². The molecule has 0 aliphatic heterocycles. The van der Waals surface area contributed by atoms with Gasteiger partial charge in [-0.05, 0) is 13.3 Å². The summed E-state index contributed by atoms with van der Waals surface area (Å²) in [7, 11) is 0. The molecule has 0 spiro atoms. The van der Waals surface area contributed by atoms with Crippen LogP contribution in [0.2, 0.25) is 0 Å². The van der Waals surface area contributed by atoms with E-state index < -0.39 is 0 Å². The summed E-state index contributed by atoms with van der Waals surface area (Å²) in [6, 6.07) is 0. The molecule has 0 atom stereocenters. The first-order valence-corrected chi connectivity index (χ1v) is 3.44. The molecular weight excluding hydrogens is 128 g/mol. The minimum absolute atomic E-state index is 0.348. The molecule has 0 bridgehead atoms. The van der Waals surface area contributed by atoms with Crippen molar-refractivity contribution < 1.29 is 10.9 Å². The maximum absolute atomic E-state index is 10.8. The topological polar surface area (TPSA) is 26.3 Å². The minimum Gasteiger partial charge on any atom is -0.462 e. The molecule has 0 N–H and O–H groups in total. The summed E-state index contributed by atoms with van der Waals surface area (Å²) < 4.78 is 11.6. The molecule has 58 valence electrons. The molecule has 0 saturated heterocycles. The van der Waals surface area contributed by atoms with Gasteiger partial charge < -0.3 is 4.74 Å². The highest BCUT2D eigenvalue weighted by atomic mass is 16.5. The van der Waals surface area contributed by atoms with E-state index in [2.05, 4.69) is 0 Å². The van der Waals surface area contributed by atoms with Crippen molar-refractivity contribution in [3.63, 3.8) is 0 Å². The van der Waals surface area contributed by atoms with Crippen molar-refractivity contribution in [2.75, 3.05) is 6.61 Å². The first kappa shape index (κ1) is 7.32. The fraction of sp³-hybridized carbons (Fsp3) is 0.625. The van der Waals surface area contributed by atoms with Gasteiger partial charge in [0.2, 0.25) is 0 Å². The fourth-order valence-corrected chi connectivity index (χ4v) is 0.423. The summed E-state index contributed by atoms with van der Waals surface area (Å²) >= 11 is 0. The SMILES string of the molecule is [2H]C=C(C)C(=O)OCCCC. The Hall–Kier alpha value is -0.790. The Bertz CT molecular complexity index is 152. The van der Waals surface area contributed by atoms with E-state index in [0.29, 0.717) is 12.2 Å². The van der Waals surface area contributed by atoms with E-state index in [1.165, 1.54) is 0 Å². The smallest absolute Gasteiger partial charge is 0.333 e. The number of unbranched alkanes of at least 4 members (excludes halogenated alkanes) is 1. The van der Waals surface area contributed by atoms with Gasteiger partial charge in [0.25, 0.3) is 0 Å². The Kier molecular flexibility index (Phi) is 3.68. The standard InChI is InChI=1S/C8H14O2/c1-4-5-6-10-8(9)7(2)3/h2,4-6H2,1,3H3/i2D. The fourth-order valence-electron chi connectivity index (χ4n) is 0.423. The number of hydrogen-bond donors (Lipinski definition) is 0. The van der Waals surface area contributed by atoms with E-state index in [1.54, 1.807) is 6.92 Å². The highest BCUT2D eigenvalue weighted by molar-refractivity contribution is 5.86. The zero-order valence-electron chi connectivity index (χ0n) is 7.52. The lowest BCUT2D eigenvalue weighted by Crippen LogP contribution is -2.05. The number of carbonyl (C=O) groups is 1. The van der Waals surface area contributed by atoms with Gasteiger partial charge >= 0.3 is 5.97 Å². The van der Waals surface area contributed by atoms with E-state index in [1.807, 2.05) is 6.92 Å². The Morgan fingerprint density at radius 1 is 1.80 bits per heavy atom. The normalized spacial score (nSPS) is 12.6. The molecule has 0 aromatic carbocycles. The zero-order chi connectivity index (χ0) is 8.69. The van der Waals surface area contributed by atoms with Crippen molar-refractivity contribution in [1.82, 2.24) is 0 Å². The van der Waals surface area contributed by atoms with E-state index in [-0.39, 0.29) is 5.97 Å². The average Bonchev–Trinajstić information content (AvgIpc) is 2.03. The van der Waals surface area contributed by atoms with Crippen LogP contribution in [0.1, 0.15) is 28.1 Å². The molecule has 0 aliphatic carbocycles. The molecule has 2 heteroatoms. The van der Waals surface area contributed by atoms with E-state index in [4.69, 9.17) is 6.11 Å². The number of ether oxygens (including phenoxy) is 1. The molecule has 2 nitrogen and oxygen atoms in total. The molecule has 0 rings (SSSR count). The summed E-state index contributed by atoms with van der Waals surface area (Å²) in [6.45, 7) is 5.07. The van der Waals surface area contributed by atoms with Crippen molar-refractivity contribution >= 4 is 5.97 Å². The third-order valence-corrected chi connectivity index (χ3v) is 1.05. The number of carbonyl (C=O) groups excluding carboxylic acids is 1. The molecule has 0 amide bonds. The Labute approximate surface area is 63.3 Å². The molecule has 0 unspecified atom stereocenters. The quantitative estimate of drug-likeness (QED) is 0.341. The van der Waals surface area contributed by atoms with Gasteiger partial charge in [-0.25, -0.2) is 4.79 Å². The van der Waals surface area contributed by atoms with Crippen LogP contribution in [0.15, 0.2) is 12.1 Å². The number of esters is 1. The van der Waals surface area contributed by atoms with E-state index >= 15 is 0 Å². The lowest BCUT2D eigenvalue weighted by molar-refractivity contribution is -0.139. The van der Waals surface area contributed by atoms with Crippen LogP contribution in [0.3, 0.4) is 0 Å².